The summed E-state index contributed by atoms with van der Waals surface area (Å²) in [5, 5.41) is 15.2. The minimum Gasteiger partial charge on any atom is -0.326 e. The van der Waals surface area contributed by atoms with Crippen molar-refractivity contribution in [3.63, 3.8) is 0 Å². The number of unbranched alkanes of at least 4 members (excludes halogenated alkanes) is 1. The van der Waals surface area contributed by atoms with Crippen molar-refractivity contribution in [1.82, 2.24) is 9.78 Å². The van der Waals surface area contributed by atoms with Crippen LogP contribution in [0.1, 0.15) is 25.3 Å². The second-order valence-corrected chi connectivity index (χ2v) is 4.95. The molecule has 2 rings (SSSR count). The molecular weight excluding hydrogens is 284 g/mol. The number of nitrogens with two attached hydrogens (primary N) is 1. The van der Waals surface area contributed by atoms with E-state index in [2.05, 4.69) is 5.10 Å². The Hall–Kier alpha value is -2.54. The number of benzene rings is 1. The zero-order valence-corrected chi connectivity index (χ0v) is 12.4. The van der Waals surface area contributed by atoms with Crippen LogP contribution >= 0.6 is 0 Å². The van der Waals surface area contributed by atoms with E-state index in [1.54, 1.807) is 18.2 Å². The summed E-state index contributed by atoms with van der Waals surface area (Å²) in [6.45, 7) is 2.64. The van der Waals surface area contributed by atoms with Gasteiger partial charge in [0.25, 0.3) is 11.2 Å². The van der Waals surface area contributed by atoms with E-state index in [0.29, 0.717) is 23.4 Å². The lowest BCUT2D eigenvalue weighted by Crippen LogP contribution is -2.28. The lowest BCUT2D eigenvalue weighted by molar-refractivity contribution is -0.384. The van der Waals surface area contributed by atoms with Crippen LogP contribution in [0.5, 0.6) is 0 Å². The quantitative estimate of drug-likeness (QED) is 0.649. The van der Waals surface area contributed by atoms with E-state index in [0.717, 1.165) is 12.8 Å². The predicted octanol–water partition coefficient (Wildman–Crippen LogP) is 2.08. The molecule has 0 atom stereocenters. The van der Waals surface area contributed by atoms with Crippen molar-refractivity contribution in [3.05, 3.63) is 56.4 Å². The van der Waals surface area contributed by atoms with Gasteiger partial charge in [-0.05, 0) is 12.5 Å². The molecule has 0 saturated heterocycles. The van der Waals surface area contributed by atoms with Gasteiger partial charge in [-0.25, -0.2) is 4.68 Å². The number of hydrogen-bond acceptors (Lipinski definition) is 5. The SMILES string of the molecule is CCCCn1nc(-c2cccc([N+](=O)[O-])c2)cc(CN)c1=O. The zero-order valence-electron chi connectivity index (χ0n) is 12.4. The second kappa shape index (κ2) is 6.95. The molecule has 0 radical (unpaired) electrons. The van der Waals surface area contributed by atoms with Crippen LogP contribution in [0.2, 0.25) is 0 Å². The van der Waals surface area contributed by atoms with Crippen molar-refractivity contribution >= 4 is 5.69 Å². The minimum absolute atomic E-state index is 0.0140. The Kier molecular flexibility index (Phi) is 5.00. The summed E-state index contributed by atoms with van der Waals surface area (Å²) >= 11 is 0. The maximum Gasteiger partial charge on any atom is 0.271 e. The highest BCUT2D eigenvalue weighted by Crippen LogP contribution is 2.22. The van der Waals surface area contributed by atoms with Crippen molar-refractivity contribution in [2.24, 2.45) is 5.73 Å². The van der Waals surface area contributed by atoms with Crippen LogP contribution in [0.3, 0.4) is 0 Å². The average Bonchev–Trinajstić information content (AvgIpc) is 2.54. The Balaban J connectivity index is 2.52. The van der Waals surface area contributed by atoms with E-state index >= 15 is 0 Å². The highest BCUT2D eigenvalue weighted by atomic mass is 16.6. The van der Waals surface area contributed by atoms with Crippen LogP contribution in [0.15, 0.2) is 35.1 Å². The van der Waals surface area contributed by atoms with E-state index in [9.17, 15) is 14.9 Å². The lowest BCUT2D eigenvalue weighted by atomic mass is 10.1. The molecule has 2 N–H and O–H groups in total. The first kappa shape index (κ1) is 15.8. The first-order valence-electron chi connectivity index (χ1n) is 7.12. The molecule has 22 heavy (non-hydrogen) atoms. The molecule has 0 aliphatic carbocycles. The molecule has 0 spiro atoms. The zero-order chi connectivity index (χ0) is 16.1. The molecule has 0 bridgehead atoms. The summed E-state index contributed by atoms with van der Waals surface area (Å²) in [4.78, 5) is 22.6. The third-order valence-corrected chi connectivity index (χ3v) is 3.34. The van der Waals surface area contributed by atoms with Gasteiger partial charge >= 0.3 is 0 Å². The van der Waals surface area contributed by atoms with E-state index < -0.39 is 4.92 Å². The first-order valence-corrected chi connectivity index (χ1v) is 7.12. The van der Waals surface area contributed by atoms with Gasteiger partial charge in [0.1, 0.15) is 0 Å². The number of hydrogen-bond donors (Lipinski definition) is 1. The molecule has 7 nitrogen and oxygen atoms in total. The Morgan fingerprint density at radius 2 is 2.14 bits per heavy atom. The molecule has 0 amide bonds. The van der Waals surface area contributed by atoms with Crippen molar-refractivity contribution in [1.29, 1.82) is 0 Å². The van der Waals surface area contributed by atoms with Crippen molar-refractivity contribution in [2.75, 3.05) is 0 Å². The van der Waals surface area contributed by atoms with Crippen LogP contribution in [-0.4, -0.2) is 14.7 Å². The number of nitrogens with zero attached hydrogens (tertiary/aromatic N) is 3. The summed E-state index contributed by atoms with van der Waals surface area (Å²) in [5.41, 5.74) is 6.96. The molecule has 1 aromatic heterocycles. The van der Waals surface area contributed by atoms with E-state index in [4.69, 9.17) is 5.73 Å². The van der Waals surface area contributed by atoms with E-state index in [1.165, 1.54) is 16.8 Å². The summed E-state index contributed by atoms with van der Waals surface area (Å²) in [6, 6.07) is 7.78. The van der Waals surface area contributed by atoms with Gasteiger partial charge in [0.2, 0.25) is 0 Å². The smallest absolute Gasteiger partial charge is 0.271 e. The van der Waals surface area contributed by atoms with Crippen LogP contribution < -0.4 is 11.3 Å². The molecule has 1 aromatic carbocycles. The lowest BCUT2D eigenvalue weighted by Gasteiger charge is -2.09. The number of nitro benzene ring substituents is 1. The standard InChI is InChI=1S/C15H18N4O3/c1-2-3-7-18-15(20)12(10-16)9-14(17-18)11-5-4-6-13(8-11)19(21)22/h4-6,8-9H,2-3,7,10,16H2,1H3. The number of aryl methyl sites for hydroxylation is 1. The highest BCUT2D eigenvalue weighted by Gasteiger charge is 2.12. The Morgan fingerprint density at radius 1 is 1.36 bits per heavy atom. The van der Waals surface area contributed by atoms with Gasteiger partial charge in [0.15, 0.2) is 0 Å². The fourth-order valence-electron chi connectivity index (χ4n) is 2.12. The van der Waals surface area contributed by atoms with Gasteiger partial charge in [-0.15, -0.1) is 0 Å². The number of non-ortho nitro benzene ring substituents is 1. The molecule has 116 valence electrons. The molecule has 0 saturated carbocycles. The van der Waals surface area contributed by atoms with Crippen LogP contribution in [0.25, 0.3) is 11.3 Å². The van der Waals surface area contributed by atoms with Crippen molar-refractivity contribution < 1.29 is 4.92 Å². The third kappa shape index (κ3) is 3.37. The molecule has 1 heterocycles. The van der Waals surface area contributed by atoms with Gasteiger partial charge in [-0.1, -0.05) is 25.5 Å². The molecule has 0 fully saturated rings. The third-order valence-electron chi connectivity index (χ3n) is 3.34. The van der Waals surface area contributed by atoms with E-state index in [-0.39, 0.29) is 17.8 Å². The molecule has 0 unspecified atom stereocenters. The molecule has 2 aromatic rings. The van der Waals surface area contributed by atoms with Crippen LogP contribution in [0.4, 0.5) is 5.69 Å². The summed E-state index contributed by atoms with van der Waals surface area (Å²) in [7, 11) is 0. The largest absolute Gasteiger partial charge is 0.326 e. The monoisotopic (exact) mass is 302 g/mol. The maximum absolute atomic E-state index is 12.2. The highest BCUT2D eigenvalue weighted by molar-refractivity contribution is 5.62. The second-order valence-electron chi connectivity index (χ2n) is 4.95. The van der Waals surface area contributed by atoms with Gasteiger partial charge in [-0.3, -0.25) is 14.9 Å². The maximum atomic E-state index is 12.2. The van der Waals surface area contributed by atoms with Gasteiger partial charge in [0.05, 0.1) is 10.6 Å². The topological polar surface area (TPSA) is 104 Å². The van der Waals surface area contributed by atoms with Crippen molar-refractivity contribution in [3.8, 4) is 11.3 Å². The molecule has 0 aliphatic heterocycles. The summed E-state index contributed by atoms with van der Waals surface area (Å²) in [5.74, 6) is 0. The Morgan fingerprint density at radius 3 is 2.77 bits per heavy atom. The van der Waals surface area contributed by atoms with Gasteiger partial charge in [-0.2, -0.15) is 5.10 Å². The fraction of sp³-hybridized carbons (Fsp3) is 0.333. The first-order chi connectivity index (χ1) is 10.6. The minimum atomic E-state index is -0.458. The number of rotatable bonds is 6. The Bertz CT molecular complexity index is 740. The average molecular weight is 302 g/mol. The Labute approximate surface area is 127 Å². The summed E-state index contributed by atoms with van der Waals surface area (Å²) < 4.78 is 1.39. The fourth-order valence-corrected chi connectivity index (χ4v) is 2.12. The van der Waals surface area contributed by atoms with Gasteiger partial charge in [0, 0.05) is 36.3 Å². The molecular formula is C15H18N4O3. The molecule has 0 aliphatic rings. The van der Waals surface area contributed by atoms with E-state index in [1.807, 2.05) is 6.92 Å². The van der Waals surface area contributed by atoms with Crippen LogP contribution in [-0.2, 0) is 13.1 Å². The number of nitro groups is 1. The van der Waals surface area contributed by atoms with Gasteiger partial charge < -0.3 is 5.73 Å². The summed E-state index contributed by atoms with van der Waals surface area (Å²) in [6.07, 6.45) is 1.77. The number of aromatic nitrogens is 2. The predicted molar refractivity (Wildman–Crippen MR) is 83.4 cm³/mol. The molecule has 7 heteroatoms. The van der Waals surface area contributed by atoms with Crippen LogP contribution in [0, 0.1) is 10.1 Å². The van der Waals surface area contributed by atoms with Crippen molar-refractivity contribution in [2.45, 2.75) is 32.9 Å². The normalized spacial score (nSPS) is 10.6.